The van der Waals surface area contributed by atoms with Gasteiger partial charge in [-0.1, -0.05) is 53.9 Å². The average Bonchev–Trinajstić information content (AvgIpc) is 3.40. The molecule has 10 atom stereocenters. The summed E-state index contributed by atoms with van der Waals surface area (Å²) in [6.07, 6.45) is 13.7. The van der Waals surface area contributed by atoms with E-state index in [1.807, 2.05) is 0 Å². The fraction of sp³-hybridized carbons (Fsp3) is 0.963. The molecule has 0 amide bonds. The number of hydrogen-bond donors (Lipinski definition) is 0. The molecule has 4 saturated carbocycles. The molecule has 2 nitrogen and oxygen atoms in total. The maximum atomic E-state index is 12.3. The monoisotopic (exact) mass is 400 g/mol. The Labute approximate surface area is 178 Å². The smallest absolute Gasteiger partial charge is 0.164 e. The van der Waals surface area contributed by atoms with E-state index in [2.05, 4.69) is 34.6 Å². The van der Waals surface area contributed by atoms with Gasteiger partial charge in [0.2, 0.25) is 0 Å². The lowest BCUT2D eigenvalue weighted by Crippen LogP contribution is -2.56. The maximum absolute atomic E-state index is 12.3. The summed E-state index contributed by atoms with van der Waals surface area (Å²) in [5, 5.41) is 0. The van der Waals surface area contributed by atoms with E-state index >= 15 is 0 Å². The first-order chi connectivity index (χ1) is 13.8. The van der Waals surface area contributed by atoms with E-state index in [1.54, 1.807) is 0 Å². The number of carbonyl (C=O) groups excluding carboxylic acids is 1. The normalized spacial score (nSPS) is 51.8. The lowest BCUT2D eigenvalue weighted by molar-refractivity contribution is -0.135. The van der Waals surface area contributed by atoms with Crippen LogP contribution in [0.2, 0.25) is 0 Å². The number of rotatable bonds is 5. The predicted molar refractivity (Wildman–Crippen MR) is 118 cm³/mol. The van der Waals surface area contributed by atoms with Crippen LogP contribution in [-0.2, 0) is 9.53 Å². The standard InChI is InChI=1S/C27H44O2/c1-16(2)7-6-8-17(3)20-11-12-21-19-10-9-18-15-23(28)24-25(29-24)27(18,5)22(19)13-14-26(20,21)4/h16-22,24-25H,6-15H2,1-5H3/t17-,18?,19+,20-,21+,22+,24?,25?,26-,27+/m1/s1. The highest BCUT2D eigenvalue weighted by Gasteiger charge is 2.69. The van der Waals surface area contributed by atoms with Crippen molar-refractivity contribution in [1.82, 2.24) is 0 Å². The number of ether oxygens (including phenoxy) is 1. The summed E-state index contributed by atoms with van der Waals surface area (Å²) in [6, 6.07) is 0. The summed E-state index contributed by atoms with van der Waals surface area (Å²) in [6.45, 7) is 12.5. The Morgan fingerprint density at radius 3 is 2.55 bits per heavy atom. The quantitative estimate of drug-likeness (QED) is 0.483. The lowest BCUT2D eigenvalue weighted by Gasteiger charge is -2.59. The van der Waals surface area contributed by atoms with Gasteiger partial charge in [0, 0.05) is 11.8 Å². The fourth-order valence-corrected chi connectivity index (χ4v) is 9.45. The second-order valence-corrected chi connectivity index (χ2v) is 12.7. The van der Waals surface area contributed by atoms with Crippen LogP contribution in [0.15, 0.2) is 0 Å². The van der Waals surface area contributed by atoms with E-state index in [-0.39, 0.29) is 17.6 Å². The first kappa shape index (κ1) is 20.5. The lowest BCUT2D eigenvalue weighted by atomic mass is 9.44. The van der Waals surface area contributed by atoms with Crippen LogP contribution >= 0.6 is 0 Å². The van der Waals surface area contributed by atoms with E-state index in [9.17, 15) is 4.79 Å². The van der Waals surface area contributed by atoms with Gasteiger partial charge in [-0.3, -0.25) is 4.79 Å². The first-order valence-corrected chi connectivity index (χ1v) is 12.9. The summed E-state index contributed by atoms with van der Waals surface area (Å²) in [5.74, 6) is 6.28. The minimum absolute atomic E-state index is 0.0272. The van der Waals surface area contributed by atoms with Crippen LogP contribution in [0.4, 0.5) is 0 Å². The van der Waals surface area contributed by atoms with Crippen LogP contribution in [0.5, 0.6) is 0 Å². The Morgan fingerprint density at radius 2 is 1.79 bits per heavy atom. The van der Waals surface area contributed by atoms with Crippen LogP contribution in [0.1, 0.15) is 98.8 Å². The average molecular weight is 401 g/mol. The highest BCUT2D eigenvalue weighted by atomic mass is 16.6. The summed E-state index contributed by atoms with van der Waals surface area (Å²) >= 11 is 0. The Morgan fingerprint density at radius 1 is 1.00 bits per heavy atom. The predicted octanol–water partition coefficient (Wildman–Crippen LogP) is 6.66. The number of carbonyl (C=O) groups is 1. The Hall–Kier alpha value is -0.370. The minimum atomic E-state index is -0.0272. The first-order valence-electron chi connectivity index (χ1n) is 12.9. The zero-order valence-corrected chi connectivity index (χ0v) is 19.6. The van der Waals surface area contributed by atoms with Gasteiger partial charge in [-0.15, -0.1) is 0 Å². The van der Waals surface area contributed by atoms with Crippen molar-refractivity contribution in [3.8, 4) is 0 Å². The molecule has 3 unspecified atom stereocenters. The number of Topliss-reactive ketones (excluding diaryl/α,β-unsaturated/α-hetero) is 1. The highest BCUT2D eigenvalue weighted by molar-refractivity contribution is 5.87. The molecule has 0 bridgehead atoms. The van der Waals surface area contributed by atoms with Crippen LogP contribution < -0.4 is 0 Å². The molecule has 0 aromatic heterocycles. The Balaban J connectivity index is 1.32. The maximum Gasteiger partial charge on any atom is 0.164 e. The third-order valence-corrected chi connectivity index (χ3v) is 11.0. The number of fused-ring (bicyclic) bond motifs is 7. The van der Waals surface area contributed by atoms with Crippen molar-refractivity contribution in [1.29, 1.82) is 0 Å². The summed E-state index contributed by atoms with van der Waals surface area (Å²) in [7, 11) is 0. The molecule has 164 valence electrons. The molecule has 5 rings (SSSR count). The van der Waals surface area contributed by atoms with Crippen molar-refractivity contribution in [2.24, 2.45) is 52.3 Å². The van der Waals surface area contributed by atoms with Gasteiger partial charge in [-0.25, -0.2) is 0 Å². The topological polar surface area (TPSA) is 29.6 Å². The van der Waals surface area contributed by atoms with Gasteiger partial charge < -0.3 is 4.74 Å². The molecule has 5 fully saturated rings. The fourth-order valence-electron chi connectivity index (χ4n) is 9.45. The molecule has 0 aromatic carbocycles. The van der Waals surface area contributed by atoms with Gasteiger partial charge in [-0.2, -0.15) is 0 Å². The second-order valence-electron chi connectivity index (χ2n) is 12.7. The van der Waals surface area contributed by atoms with Gasteiger partial charge in [0.05, 0.1) is 6.10 Å². The molecule has 0 spiro atoms. The molecule has 2 heteroatoms. The van der Waals surface area contributed by atoms with Crippen molar-refractivity contribution < 1.29 is 9.53 Å². The summed E-state index contributed by atoms with van der Waals surface area (Å²) in [5.41, 5.74) is 0.847. The van der Waals surface area contributed by atoms with E-state index in [0.717, 1.165) is 41.9 Å². The Bertz CT molecular complexity index is 655. The molecule has 4 aliphatic carbocycles. The van der Waals surface area contributed by atoms with Gasteiger partial charge in [0.25, 0.3) is 0 Å². The highest BCUT2D eigenvalue weighted by Crippen LogP contribution is 2.70. The van der Waals surface area contributed by atoms with Crippen molar-refractivity contribution >= 4 is 5.78 Å². The second kappa shape index (κ2) is 7.07. The zero-order chi connectivity index (χ0) is 20.6. The minimum Gasteiger partial charge on any atom is -0.361 e. The largest absolute Gasteiger partial charge is 0.361 e. The summed E-state index contributed by atoms with van der Waals surface area (Å²) in [4.78, 5) is 12.3. The molecular formula is C27H44O2. The van der Waals surface area contributed by atoms with Gasteiger partial charge in [0.15, 0.2) is 5.78 Å². The zero-order valence-electron chi connectivity index (χ0n) is 19.6. The number of ketones is 1. The molecule has 0 aromatic rings. The summed E-state index contributed by atoms with van der Waals surface area (Å²) < 4.78 is 6.02. The molecule has 0 radical (unpaired) electrons. The van der Waals surface area contributed by atoms with Gasteiger partial charge in [-0.05, 0) is 85.4 Å². The van der Waals surface area contributed by atoms with E-state index in [0.29, 0.717) is 17.1 Å². The number of hydrogen-bond acceptors (Lipinski definition) is 2. The molecule has 29 heavy (non-hydrogen) atoms. The van der Waals surface area contributed by atoms with E-state index in [1.165, 1.54) is 57.8 Å². The Kier molecular flexibility index (Phi) is 5.01. The molecule has 1 saturated heterocycles. The van der Waals surface area contributed by atoms with Crippen molar-refractivity contribution in [2.45, 2.75) is 111 Å². The van der Waals surface area contributed by atoms with Gasteiger partial charge >= 0.3 is 0 Å². The molecule has 1 heterocycles. The molecular weight excluding hydrogens is 356 g/mol. The SMILES string of the molecule is CC(C)CCC[C@@H](C)[C@H]1CC[C@H]2[C@@H]3CCC4CC(=O)C5OC5[C@]4(C)[C@H]3CC[C@]12C. The molecule has 1 aliphatic heterocycles. The van der Waals surface area contributed by atoms with Crippen molar-refractivity contribution in [2.75, 3.05) is 0 Å². The van der Waals surface area contributed by atoms with Crippen LogP contribution in [0.3, 0.4) is 0 Å². The van der Waals surface area contributed by atoms with Gasteiger partial charge in [0.1, 0.15) is 6.10 Å². The third-order valence-electron chi connectivity index (χ3n) is 11.0. The number of epoxide rings is 1. The van der Waals surface area contributed by atoms with Crippen LogP contribution in [-0.4, -0.2) is 18.0 Å². The third kappa shape index (κ3) is 3.01. The van der Waals surface area contributed by atoms with E-state index in [4.69, 9.17) is 4.74 Å². The van der Waals surface area contributed by atoms with Crippen molar-refractivity contribution in [3.05, 3.63) is 0 Å². The van der Waals surface area contributed by atoms with E-state index < -0.39 is 0 Å². The van der Waals surface area contributed by atoms with Crippen LogP contribution in [0, 0.1) is 52.3 Å². The van der Waals surface area contributed by atoms with Crippen molar-refractivity contribution in [3.63, 3.8) is 0 Å². The molecule has 0 N–H and O–H groups in total. The molecule has 5 aliphatic rings. The van der Waals surface area contributed by atoms with Crippen LogP contribution in [0.25, 0.3) is 0 Å².